The van der Waals surface area contributed by atoms with Crippen LogP contribution in [-0.4, -0.2) is 26.6 Å². The highest BCUT2D eigenvalue weighted by Gasteiger charge is 2.32. The first kappa shape index (κ1) is 21.9. The van der Waals surface area contributed by atoms with Crippen LogP contribution in [0.5, 0.6) is 0 Å². The van der Waals surface area contributed by atoms with Crippen LogP contribution in [0.3, 0.4) is 0 Å². The van der Waals surface area contributed by atoms with Crippen LogP contribution < -0.4 is 9.62 Å². The van der Waals surface area contributed by atoms with Gasteiger partial charge in [-0.1, -0.05) is 25.1 Å². The van der Waals surface area contributed by atoms with Crippen molar-refractivity contribution in [3.63, 3.8) is 0 Å². The Morgan fingerprint density at radius 1 is 1.11 bits per heavy atom. The van der Waals surface area contributed by atoms with E-state index >= 15 is 0 Å². The Bertz CT molecular complexity index is 943. The number of halogens is 1. The molecule has 2 aromatic rings. The van der Waals surface area contributed by atoms with Gasteiger partial charge in [0, 0.05) is 0 Å². The molecule has 1 amide bonds. The normalized spacial score (nSPS) is 13.6. The Labute approximate surface area is 166 Å². The molecule has 0 aliphatic rings. The third-order valence-electron chi connectivity index (χ3n) is 4.80. The van der Waals surface area contributed by atoms with E-state index in [0.29, 0.717) is 12.1 Å². The molecule has 7 heteroatoms. The van der Waals surface area contributed by atoms with Crippen LogP contribution in [-0.2, 0) is 14.8 Å². The average Bonchev–Trinajstić information content (AvgIpc) is 2.61. The van der Waals surface area contributed by atoms with Gasteiger partial charge in [0.05, 0.1) is 18.0 Å². The molecule has 0 aromatic heterocycles. The van der Waals surface area contributed by atoms with Gasteiger partial charge in [-0.15, -0.1) is 0 Å². The van der Waals surface area contributed by atoms with Crippen LogP contribution >= 0.6 is 0 Å². The second kappa shape index (κ2) is 8.73. The third-order valence-corrected chi connectivity index (χ3v) is 5.98. The molecule has 0 bridgehead atoms. The lowest BCUT2D eigenvalue weighted by Crippen LogP contribution is -2.49. The minimum Gasteiger partial charge on any atom is -0.348 e. The summed E-state index contributed by atoms with van der Waals surface area (Å²) in [4.78, 5) is 12.9. The monoisotopic (exact) mass is 406 g/mol. The zero-order chi connectivity index (χ0) is 21.1. The quantitative estimate of drug-likeness (QED) is 0.759. The zero-order valence-electron chi connectivity index (χ0n) is 16.9. The summed E-state index contributed by atoms with van der Waals surface area (Å²) in [6.45, 7) is 7.39. The minimum atomic E-state index is -3.69. The molecule has 0 unspecified atom stereocenters. The topological polar surface area (TPSA) is 66.5 Å². The molecular formula is C21H27FN2O3S. The number of benzene rings is 2. The summed E-state index contributed by atoms with van der Waals surface area (Å²) in [6, 6.07) is 9.90. The van der Waals surface area contributed by atoms with Crippen LogP contribution in [0.1, 0.15) is 43.0 Å². The van der Waals surface area contributed by atoms with E-state index in [0.717, 1.165) is 22.9 Å². The average molecular weight is 407 g/mol. The molecule has 0 spiro atoms. The van der Waals surface area contributed by atoms with Crippen molar-refractivity contribution in [2.24, 2.45) is 0 Å². The van der Waals surface area contributed by atoms with Crippen molar-refractivity contribution >= 4 is 21.6 Å². The molecule has 0 heterocycles. The molecular weight excluding hydrogens is 379 g/mol. The Hall–Kier alpha value is -2.41. The van der Waals surface area contributed by atoms with Gasteiger partial charge in [-0.05, 0) is 68.1 Å². The summed E-state index contributed by atoms with van der Waals surface area (Å²) in [7, 11) is -3.69. The van der Waals surface area contributed by atoms with E-state index in [2.05, 4.69) is 5.32 Å². The molecule has 0 radical (unpaired) electrons. The maximum Gasteiger partial charge on any atom is 0.244 e. The second-order valence-corrected chi connectivity index (χ2v) is 8.89. The van der Waals surface area contributed by atoms with Gasteiger partial charge < -0.3 is 5.32 Å². The van der Waals surface area contributed by atoms with Crippen LogP contribution in [0.15, 0.2) is 42.5 Å². The first-order chi connectivity index (χ1) is 13.0. The highest BCUT2D eigenvalue weighted by molar-refractivity contribution is 7.92. The highest BCUT2D eigenvalue weighted by atomic mass is 32.2. The van der Waals surface area contributed by atoms with Crippen molar-refractivity contribution in [1.82, 2.24) is 5.32 Å². The van der Waals surface area contributed by atoms with Crippen molar-refractivity contribution in [1.29, 1.82) is 0 Å². The maximum atomic E-state index is 13.1. The molecule has 0 saturated carbocycles. The number of nitrogens with zero attached hydrogens (tertiary/aromatic N) is 1. The van der Waals surface area contributed by atoms with Gasteiger partial charge in [-0.3, -0.25) is 9.10 Å². The maximum absolute atomic E-state index is 13.1. The van der Waals surface area contributed by atoms with E-state index in [1.165, 1.54) is 16.4 Å². The fourth-order valence-corrected chi connectivity index (χ4v) is 4.27. The second-order valence-electron chi connectivity index (χ2n) is 7.03. The van der Waals surface area contributed by atoms with E-state index in [9.17, 15) is 17.6 Å². The molecule has 0 aliphatic carbocycles. The molecule has 1 N–H and O–H groups in total. The first-order valence-electron chi connectivity index (χ1n) is 9.17. The van der Waals surface area contributed by atoms with Gasteiger partial charge in [0.15, 0.2) is 0 Å². The van der Waals surface area contributed by atoms with E-state index in [1.54, 1.807) is 38.1 Å². The number of anilines is 1. The number of amides is 1. The predicted octanol–water partition coefficient (Wildman–Crippen LogP) is 3.86. The number of carbonyl (C=O) groups is 1. The van der Waals surface area contributed by atoms with Crippen LogP contribution in [0, 0.1) is 19.7 Å². The van der Waals surface area contributed by atoms with Gasteiger partial charge in [-0.25, -0.2) is 12.8 Å². The number of hydrogen-bond acceptors (Lipinski definition) is 3. The van der Waals surface area contributed by atoms with Crippen LogP contribution in [0.25, 0.3) is 0 Å². The van der Waals surface area contributed by atoms with E-state index in [4.69, 9.17) is 0 Å². The molecule has 2 aromatic carbocycles. The van der Waals surface area contributed by atoms with Gasteiger partial charge in [0.1, 0.15) is 11.9 Å². The summed E-state index contributed by atoms with van der Waals surface area (Å²) < 4.78 is 39.4. The van der Waals surface area contributed by atoms with Crippen molar-refractivity contribution in [3.05, 3.63) is 65.0 Å². The molecule has 0 saturated heterocycles. The molecule has 152 valence electrons. The van der Waals surface area contributed by atoms with Crippen molar-refractivity contribution in [2.75, 3.05) is 10.6 Å². The van der Waals surface area contributed by atoms with Crippen molar-refractivity contribution in [2.45, 2.75) is 46.2 Å². The minimum absolute atomic E-state index is 0.308. The molecule has 0 fully saturated rings. The van der Waals surface area contributed by atoms with Gasteiger partial charge in [-0.2, -0.15) is 0 Å². The van der Waals surface area contributed by atoms with Crippen LogP contribution in [0.4, 0.5) is 10.1 Å². The standard InChI is InChI=1S/C21H27FN2O3S/c1-6-20(21(25)23-16(4)17-8-10-18(22)11-9-17)24(28(5,26)27)19-12-7-14(2)15(3)13-19/h7-13,16,20H,6H2,1-5H3,(H,23,25)/t16-,20+/m1/s1. The summed E-state index contributed by atoms with van der Waals surface area (Å²) in [6.07, 6.45) is 1.41. The molecule has 2 atom stereocenters. The Morgan fingerprint density at radius 3 is 2.21 bits per heavy atom. The number of aryl methyl sites for hydroxylation is 2. The number of nitrogens with one attached hydrogen (secondary N) is 1. The SMILES string of the molecule is CC[C@@H](C(=O)N[C@H](C)c1ccc(F)cc1)N(c1ccc(C)c(C)c1)S(C)(=O)=O. The van der Waals surface area contributed by atoms with Crippen LogP contribution in [0.2, 0.25) is 0 Å². The van der Waals surface area contributed by atoms with Gasteiger partial charge >= 0.3 is 0 Å². The van der Waals surface area contributed by atoms with Gasteiger partial charge in [0.25, 0.3) is 0 Å². The number of carbonyl (C=O) groups excluding carboxylic acids is 1. The Balaban J connectivity index is 2.33. The number of sulfonamides is 1. The van der Waals surface area contributed by atoms with E-state index in [1.807, 2.05) is 19.9 Å². The lowest BCUT2D eigenvalue weighted by atomic mass is 10.1. The fourth-order valence-electron chi connectivity index (χ4n) is 3.07. The van der Waals surface area contributed by atoms with E-state index < -0.39 is 22.0 Å². The molecule has 0 aliphatic heterocycles. The Morgan fingerprint density at radius 2 is 1.71 bits per heavy atom. The highest BCUT2D eigenvalue weighted by Crippen LogP contribution is 2.25. The summed E-state index contributed by atoms with van der Waals surface area (Å²) in [5.74, 6) is -0.755. The Kier molecular flexibility index (Phi) is 6.82. The predicted molar refractivity (Wildman–Crippen MR) is 110 cm³/mol. The lowest BCUT2D eigenvalue weighted by molar-refractivity contribution is -0.122. The summed E-state index contributed by atoms with van der Waals surface area (Å²) in [5.41, 5.74) is 3.18. The number of rotatable bonds is 7. The molecule has 28 heavy (non-hydrogen) atoms. The zero-order valence-corrected chi connectivity index (χ0v) is 17.7. The fraction of sp³-hybridized carbons (Fsp3) is 0.381. The summed E-state index contributed by atoms with van der Waals surface area (Å²) >= 11 is 0. The van der Waals surface area contributed by atoms with Gasteiger partial charge in [0.2, 0.25) is 15.9 Å². The van der Waals surface area contributed by atoms with Crippen molar-refractivity contribution < 1.29 is 17.6 Å². The first-order valence-corrected chi connectivity index (χ1v) is 11.0. The smallest absolute Gasteiger partial charge is 0.244 e. The third kappa shape index (κ3) is 5.10. The van der Waals surface area contributed by atoms with Crippen molar-refractivity contribution in [3.8, 4) is 0 Å². The summed E-state index contributed by atoms with van der Waals surface area (Å²) in [5, 5.41) is 2.85. The lowest BCUT2D eigenvalue weighted by Gasteiger charge is -2.31. The molecule has 5 nitrogen and oxygen atoms in total. The van der Waals surface area contributed by atoms with E-state index in [-0.39, 0.29) is 11.9 Å². The largest absolute Gasteiger partial charge is 0.348 e. The molecule has 2 rings (SSSR count). The number of hydrogen-bond donors (Lipinski definition) is 1.